The lowest BCUT2D eigenvalue weighted by molar-refractivity contribution is -0.172. The van der Waals surface area contributed by atoms with Crippen LogP contribution >= 0.6 is 0 Å². The average Bonchev–Trinajstić information content (AvgIpc) is 2.79. The van der Waals surface area contributed by atoms with E-state index in [0.717, 1.165) is 17.5 Å². The van der Waals surface area contributed by atoms with Crippen LogP contribution in [0.3, 0.4) is 0 Å². The lowest BCUT2D eigenvalue weighted by Crippen LogP contribution is -2.50. The van der Waals surface area contributed by atoms with E-state index < -0.39 is 34.8 Å². The molecule has 2 aromatic carbocycles. The summed E-state index contributed by atoms with van der Waals surface area (Å²) in [4.78, 5) is 25.2. The summed E-state index contributed by atoms with van der Waals surface area (Å²) in [5.41, 5.74) is 13.5. The van der Waals surface area contributed by atoms with Gasteiger partial charge in [0.05, 0.1) is 5.69 Å². The third-order valence-electron chi connectivity index (χ3n) is 6.04. The summed E-state index contributed by atoms with van der Waals surface area (Å²) in [6, 6.07) is 13.7. The lowest BCUT2D eigenvalue weighted by atomic mass is 9.78. The molecule has 0 spiro atoms. The zero-order valence-corrected chi connectivity index (χ0v) is 19.6. The van der Waals surface area contributed by atoms with E-state index >= 15 is 0 Å². The van der Waals surface area contributed by atoms with Crippen molar-refractivity contribution in [1.29, 1.82) is 0 Å². The Morgan fingerprint density at radius 1 is 1.18 bits per heavy atom. The minimum absolute atomic E-state index is 0.315. The number of hydrogen-bond donors (Lipinski definition) is 3. The highest BCUT2D eigenvalue weighted by atomic mass is 32.2. The van der Waals surface area contributed by atoms with Crippen molar-refractivity contribution >= 4 is 28.8 Å². The molecule has 3 atom stereocenters. The fourth-order valence-electron chi connectivity index (χ4n) is 4.20. The van der Waals surface area contributed by atoms with Gasteiger partial charge in [0.2, 0.25) is 5.60 Å². The number of esters is 1. The number of hydrogen-bond acceptors (Lipinski definition) is 5. The zero-order chi connectivity index (χ0) is 24.0. The smallest absolute Gasteiger partial charge is 0.324 e. The molecule has 3 rings (SSSR count). The molecule has 2 aromatic rings. The first-order valence-electron chi connectivity index (χ1n) is 11.1. The molecule has 33 heavy (non-hydrogen) atoms. The number of primary amides is 1. The topological polar surface area (TPSA) is 136 Å². The minimum atomic E-state index is -2.16. The van der Waals surface area contributed by atoms with E-state index in [9.17, 15) is 18.4 Å². The van der Waals surface area contributed by atoms with E-state index in [2.05, 4.69) is 0 Å². The van der Waals surface area contributed by atoms with Gasteiger partial charge in [0.1, 0.15) is 6.04 Å². The first kappa shape index (κ1) is 24.9. The van der Waals surface area contributed by atoms with E-state index in [1.165, 1.54) is 4.31 Å². The van der Waals surface area contributed by atoms with E-state index in [0.29, 0.717) is 49.9 Å². The van der Waals surface area contributed by atoms with Gasteiger partial charge in [-0.3, -0.25) is 18.4 Å². The molecule has 0 heterocycles. The Hall–Kier alpha value is -2.75. The number of fused-ring (bicyclic) bond motifs is 1. The highest BCUT2D eigenvalue weighted by Gasteiger charge is 2.46. The van der Waals surface area contributed by atoms with Gasteiger partial charge in [-0.1, -0.05) is 42.0 Å². The van der Waals surface area contributed by atoms with E-state index in [1.807, 2.05) is 31.2 Å². The SMILES string of the molecule is Cc1ccc(N(CCCCC(N)C(=O)OC2(C(N)=O)CCCc3ccccc32)S(=O)O)cc1. The second kappa shape index (κ2) is 10.9. The largest absolute Gasteiger partial charge is 0.443 e. The molecule has 9 heteroatoms. The van der Waals surface area contributed by atoms with Crippen LogP contribution in [0.1, 0.15) is 48.8 Å². The molecule has 0 aliphatic heterocycles. The summed E-state index contributed by atoms with van der Waals surface area (Å²) < 4.78 is 28.4. The highest BCUT2D eigenvalue weighted by Crippen LogP contribution is 2.38. The van der Waals surface area contributed by atoms with Gasteiger partial charge < -0.3 is 16.2 Å². The molecule has 0 aromatic heterocycles. The second-order valence-electron chi connectivity index (χ2n) is 8.39. The molecule has 3 unspecified atom stereocenters. The number of anilines is 1. The first-order chi connectivity index (χ1) is 15.7. The van der Waals surface area contributed by atoms with Crippen LogP contribution in [0.25, 0.3) is 0 Å². The quantitative estimate of drug-likeness (QED) is 0.276. The predicted octanol–water partition coefficient (Wildman–Crippen LogP) is 2.70. The van der Waals surface area contributed by atoms with E-state index in [-0.39, 0.29) is 0 Å². The van der Waals surface area contributed by atoms with Crippen LogP contribution < -0.4 is 15.8 Å². The van der Waals surface area contributed by atoms with Crippen molar-refractivity contribution in [3.63, 3.8) is 0 Å². The van der Waals surface area contributed by atoms with Crippen molar-refractivity contribution in [2.24, 2.45) is 11.5 Å². The van der Waals surface area contributed by atoms with Crippen molar-refractivity contribution in [3.8, 4) is 0 Å². The molecule has 0 fully saturated rings. The molecular weight excluding hydrogens is 442 g/mol. The van der Waals surface area contributed by atoms with Gasteiger partial charge in [-0.25, -0.2) is 4.21 Å². The molecule has 1 amide bonds. The number of unbranched alkanes of at least 4 members (excludes halogenated alkanes) is 1. The minimum Gasteiger partial charge on any atom is -0.443 e. The van der Waals surface area contributed by atoms with E-state index in [4.69, 9.17) is 16.2 Å². The summed E-state index contributed by atoms with van der Waals surface area (Å²) in [6.45, 7) is 2.27. The number of carbonyl (C=O) groups excluding carboxylic acids is 2. The molecule has 0 saturated carbocycles. The van der Waals surface area contributed by atoms with Gasteiger partial charge in [0.15, 0.2) is 0 Å². The number of carbonyl (C=O) groups is 2. The fraction of sp³-hybridized carbons (Fsp3) is 0.417. The number of aryl methyl sites for hydroxylation is 2. The maximum absolute atomic E-state index is 12.8. The molecule has 1 aliphatic rings. The average molecular weight is 474 g/mol. The molecule has 0 bridgehead atoms. The third-order valence-corrected chi connectivity index (χ3v) is 6.81. The van der Waals surface area contributed by atoms with Gasteiger partial charge in [-0.2, -0.15) is 0 Å². The van der Waals surface area contributed by atoms with Gasteiger partial charge >= 0.3 is 5.97 Å². The summed E-state index contributed by atoms with van der Waals surface area (Å²) in [7, 11) is 0. The Balaban J connectivity index is 1.58. The molecule has 8 nitrogen and oxygen atoms in total. The molecular formula is C24H31N3O5S. The van der Waals surface area contributed by atoms with Crippen LogP contribution in [0.4, 0.5) is 5.69 Å². The van der Waals surface area contributed by atoms with Crippen LogP contribution in [0, 0.1) is 6.92 Å². The van der Waals surface area contributed by atoms with E-state index in [1.54, 1.807) is 24.3 Å². The summed E-state index contributed by atoms with van der Waals surface area (Å²) in [5, 5.41) is 0. The van der Waals surface area contributed by atoms with Crippen LogP contribution in [-0.4, -0.2) is 33.2 Å². The summed E-state index contributed by atoms with van der Waals surface area (Å²) in [6.07, 6.45) is 3.19. The van der Waals surface area contributed by atoms with Crippen molar-refractivity contribution in [2.75, 3.05) is 10.8 Å². The Bertz CT molecular complexity index is 1010. The number of ether oxygens (including phenoxy) is 1. The Morgan fingerprint density at radius 2 is 1.88 bits per heavy atom. The first-order valence-corrected chi connectivity index (χ1v) is 12.1. The standard InChI is InChI=1S/C24H31N3O5S/c1-17-11-13-19(14-12-17)27(33(30)31)16-5-4-10-21(25)22(28)32-24(23(26)29)15-6-8-18-7-2-3-9-20(18)24/h2-3,7,9,11-14,21H,4-6,8,10,15-16,25H2,1H3,(H2,26,29)(H,30,31). The van der Waals surface area contributed by atoms with Crippen molar-refractivity contribution in [2.45, 2.75) is 57.1 Å². The van der Waals surface area contributed by atoms with Crippen LogP contribution in [0.2, 0.25) is 0 Å². The van der Waals surface area contributed by atoms with Gasteiger partial charge in [-0.15, -0.1) is 0 Å². The normalized spacial score (nSPS) is 19.2. The number of benzene rings is 2. The highest BCUT2D eigenvalue weighted by molar-refractivity contribution is 7.80. The Labute approximate surface area is 196 Å². The number of nitrogens with two attached hydrogens (primary N) is 2. The molecule has 5 N–H and O–H groups in total. The van der Waals surface area contributed by atoms with Crippen molar-refractivity contribution < 1.29 is 23.1 Å². The zero-order valence-electron chi connectivity index (χ0n) is 18.7. The van der Waals surface area contributed by atoms with Crippen molar-refractivity contribution in [1.82, 2.24) is 0 Å². The maximum Gasteiger partial charge on any atom is 0.324 e. The Kier molecular flexibility index (Phi) is 8.23. The molecule has 0 saturated heterocycles. The second-order valence-corrected chi connectivity index (χ2v) is 9.30. The summed E-state index contributed by atoms with van der Waals surface area (Å²) in [5.74, 6) is -1.37. The fourth-order valence-corrected chi connectivity index (χ4v) is 4.79. The molecule has 1 aliphatic carbocycles. The number of rotatable bonds is 10. The third kappa shape index (κ3) is 5.79. The van der Waals surface area contributed by atoms with Crippen LogP contribution in [-0.2, 0) is 37.6 Å². The van der Waals surface area contributed by atoms with Crippen LogP contribution in [0.15, 0.2) is 48.5 Å². The molecule has 0 radical (unpaired) electrons. The van der Waals surface area contributed by atoms with Gasteiger partial charge in [-0.05, 0) is 56.7 Å². The van der Waals surface area contributed by atoms with Gasteiger partial charge in [0, 0.05) is 18.5 Å². The van der Waals surface area contributed by atoms with Crippen molar-refractivity contribution in [3.05, 3.63) is 65.2 Å². The number of amides is 1. The van der Waals surface area contributed by atoms with Crippen LogP contribution in [0.5, 0.6) is 0 Å². The predicted molar refractivity (Wildman–Crippen MR) is 127 cm³/mol. The Morgan fingerprint density at radius 3 is 2.55 bits per heavy atom. The number of nitrogens with zero attached hydrogens (tertiary/aromatic N) is 1. The maximum atomic E-state index is 12.8. The molecule has 178 valence electrons. The monoisotopic (exact) mass is 473 g/mol. The lowest BCUT2D eigenvalue weighted by Gasteiger charge is -2.36. The summed E-state index contributed by atoms with van der Waals surface area (Å²) >= 11 is -2.16. The van der Waals surface area contributed by atoms with Gasteiger partial charge in [0.25, 0.3) is 17.2 Å².